The fourth-order valence-electron chi connectivity index (χ4n) is 1.96. The number of thioether (sulfide) groups is 1. The van der Waals surface area contributed by atoms with Gasteiger partial charge in [0, 0.05) is 11.4 Å². The summed E-state index contributed by atoms with van der Waals surface area (Å²) in [5, 5.41) is 5.67. The highest BCUT2D eigenvalue weighted by atomic mass is 32.2. The minimum Gasteiger partial charge on any atom is -0.354 e. The lowest BCUT2D eigenvalue weighted by Gasteiger charge is -2.31. The second kappa shape index (κ2) is 5.87. The van der Waals surface area contributed by atoms with Crippen molar-refractivity contribution in [3.63, 3.8) is 0 Å². The van der Waals surface area contributed by atoms with Crippen molar-refractivity contribution >= 4 is 29.3 Å². The second-order valence-electron chi connectivity index (χ2n) is 5.52. The number of fused-ring (bicyclic) bond motifs is 1. The highest BCUT2D eigenvalue weighted by Crippen LogP contribution is 2.42. The minimum atomic E-state index is -1.11. The summed E-state index contributed by atoms with van der Waals surface area (Å²) in [5.74, 6) is 0.0371. The van der Waals surface area contributed by atoms with E-state index < -0.39 is 4.75 Å². The molecule has 4 nitrogen and oxygen atoms in total. The fraction of sp³-hybridized carbons (Fsp3) is 0.467. The molecule has 2 N–H and O–H groups in total. The molecular formula is C15H20N2O2S. The second-order valence-corrected chi connectivity index (χ2v) is 6.98. The van der Waals surface area contributed by atoms with Gasteiger partial charge >= 0.3 is 0 Å². The van der Waals surface area contributed by atoms with Crippen molar-refractivity contribution in [2.45, 2.75) is 36.8 Å². The van der Waals surface area contributed by atoms with Gasteiger partial charge < -0.3 is 10.6 Å². The molecule has 1 aliphatic heterocycles. The average molecular weight is 292 g/mol. The normalized spacial score (nSPS) is 21.3. The van der Waals surface area contributed by atoms with Crippen LogP contribution in [0.4, 0.5) is 5.69 Å². The summed E-state index contributed by atoms with van der Waals surface area (Å²) in [6.07, 6.45) is 0.907. The lowest BCUT2D eigenvalue weighted by molar-refractivity contribution is -0.129. The molecule has 1 atom stereocenters. The zero-order valence-electron chi connectivity index (χ0n) is 12.0. The Kier molecular flexibility index (Phi) is 4.38. The molecule has 0 saturated heterocycles. The van der Waals surface area contributed by atoms with E-state index in [2.05, 4.69) is 24.5 Å². The number of hydrogen-bond acceptors (Lipinski definition) is 3. The zero-order chi connectivity index (χ0) is 14.8. The van der Waals surface area contributed by atoms with Gasteiger partial charge in [-0.3, -0.25) is 9.59 Å². The van der Waals surface area contributed by atoms with E-state index >= 15 is 0 Å². The summed E-state index contributed by atoms with van der Waals surface area (Å²) in [7, 11) is 0. The Hall–Kier alpha value is -1.49. The molecule has 0 aromatic heterocycles. The maximum atomic E-state index is 12.3. The van der Waals surface area contributed by atoms with E-state index in [-0.39, 0.29) is 11.8 Å². The van der Waals surface area contributed by atoms with Crippen molar-refractivity contribution in [2.24, 2.45) is 5.92 Å². The quantitative estimate of drug-likeness (QED) is 0.839. The SMILES string of the molecule is CC(C)CCNC(=O)C1(C)Sc2ccccc2NC1=O. The Balaban J connectivity index is 2.10. The number of rotatable bonds is 4. The third-order valence-electron chi connectivity index (χ3n) is 3.32. The van der Waals surface area contributed by atoms with Crippen LogP contribution >= 0.6 is 11.8 Å². The van der Waals surface area contributed by atoms with Crippen LogP contribution in [0.5, 0.6) is 0 Å². The molecule has 1 aliphatic rings. The largest absolute Gasteiger partial charge is 0.354 e. The van der Waals surface area contributed by atoms with Crippen LogP contribution in [0.1, 0.15) is 27.2 Å². The first-order chi connectivity index (χ1) is 9.43. The van der Waals surface area contributed by atoms with Gasteiger partial charge in [0.15, 0.2) is 4.75 Å². The van der Waals surface area contributed by atoms with Crippen LogP contribution < -0.4 is 10.6 Å². The van der Waals surface area contributed by atoms with Crippen molar-refractivity contribution in [3.8, 4) is 0 Å². The molecule has 2 amide bonds. The van der Waals surface area contributed by atoms with Gasteiger partial charge in [0.05, 0.1) is 5.69 Å². The molecule has 20 heavy (non-hydrogen) atoms. The van der Waals surface area contributed by atoms with E-state index in [1.54, 1.807) is 6.92 Å². The van der Waals surface area contributed by atoms with Gasteiger partial charge in [0.25, 0.3) is 0 Å². The lowest BCUT2D eigenvalue weighted by atomic mass is 10.1. The molecule has 108 valence electrons. The first-order valence-electron chi connectivity index (χ1n) is 6.81. The standard InChI is InChI=1S/C15H20N2O2S/c1-10(2)8-9-16-13(18)15(3)14(19)17-11-6-4-5-7-12(11)20-15/h4-7,10H,8-9H2,1-3H3,(H,16,18)(H,17,19). The molecule has 1 unspecified atom stereocenters. The Morgan fingerprint density at radius 3 is 2.80 bits per heavy atom. The highest BCUT2D eigenvalue weighted by Gasteiger charge is 2.45. The Morgan fingerprint density at radius 1 is 1.40 bits per heavy atom. The Labute approximate surface area is 123 Å². The Bertz CT molecular complexity index is 530. The molecule has 0 radical (unpaired) electrons. The van der Waals surface area contributed by atoms with E-state index in [9.17, 15) is 9.59 Å². The molecule has 1 heterocycles. The molecule has 0 aliphatic carbocycles. The van der Waals surface area contributed by atoms with E-state index in [4.69, 9.17) is 0 Å². The molecule has 1 aromatic carbocycles. The van der Waals surface area contributed by atoms with E-state index in [1.165, 1.54) is 11.8 Å². The number of nitrogens with one attached hydrogen (secondary N) is 2. The first kappa shape index (κ1) is 14.9. The molecule has 0 spiro atoms. The van der Waals surface area contributed by atoms with Crippen LogP contribution in [0, 0.1) is 5.92 Å². The minimum absolute atomic E-state index is 0.227. The predicted octanol–water partition coefficient (Wildman–Crippen LogP) is 2.65. The number of anilines is 1. The zero-order valence-corrected chi connectivity index (χ0v) is 12.8. The summed E-state index contributed by atoms with van der Waals surface area (Å²) in [6.45, 7) is 6.48. The molecule has 0 fully saturated rings. The van der Waals surface area contributed by atoms with Crippen LogP contribution in [0.2, 0.25) is 0 Å². The van der Waals surface area contributed by atoms with Crippen molar-refractivity contribution in [3.05, 3.63) is 24.3 Å². The van der Waals surface area contributed by atoms with Gasteiger partial charge in [0.1, 0.15) is 0 Å². The number of carbonyl (C=O) groups excluding carboxylic acids is 2. The summed E-state index contributed by atoms with van der Waals surface area (Å²) in [4.78, 5) is 25.5. The number of amides is 2. The summed E-state index contributed by atoms with van der Waals surface area (Å²) in [5.41, 5.74) is 0.773. The van der Waals surface area contributed by atoms with Crippen molar-refractivity contribution in [1.29, 1.82) is 0 Å². The number of benzene rings is 1. The van der Waals surface area contributed by atoms with Gasteiger partial charge in [-0.2, -0.15) is 0 Å². The van der Waals surface area contributed by atoms with E-state index in [1.807, 2.05) is 24.3 Å². The maximum absolute atomic E-state index is 12.3. The summed E-state index contributed by atoms with van der Waals surface area (Å²) < 4.78 is -1.11. The fourth-order valence-corrected chi connectivity index (χ4v) is 3.08. The van der Waals surface area contributed by atoms with Crippen LogP contribution in [-0.4, -0.2) is 23.1 Å². The van der Waals surface area contributed by atoms with Gasteiger partial charge in [-0.05, 0) is 31.4 Å². The summed E-state index contributed by atoms with van der Waals surface area (Å²) in [6, 6.07) is 7.53. The van der Waals surface area contributed by atoms with Crippen LogP contribution in [-0.2, 0) is 9.59 Å². The molecule has 0 saturated carbocycles. The van der Waals surface area contributed by atoms with Gasteiger partial charge in [-0.1, -0.05) is 37.7 Å². The highest BCUT2D eigenvalue weighted by molar-refractivity contribution is 8.02. The molecule has 5 heteroatoms. The van der Waals surface area contributed by atoms with Gasteiger partial charge in [-0.25, -0.2) is 0 Å². The van der Waals surface area contributed by atoms with E-state index in [0.29, 0.717) is 12.5 Å². The summed E-state index contributed by atoms with van der Waals surface area (Å²) >= 11 is 1.31. The van der Waals surface area contributed by atoms with Crippen LogP contribution in [0.3, 0.4) is 0 Å². The monoisotopic (exact) mass is 292 g/mol. The third-order valence-corrected chi connectivity index (χ3v) is 4.68. The maximum Gasteiger partial charge on any atom is 0.250 e. The number of para-hydroxylation sites is 1. The van der Waals surface area contributed by atoms with Crippen molar-refractivity contribution in [2.75, 3.05) is 11.9 Å². The topological polar surface area (TPSA) is 58.2 Å². The van der Waals surface area contributed by atoms with Crippen molar-refractivity contribution < 1.29 is 9.59 Å². The van der Waals surface area contributed by atoms with Crippen LogP contribution in [0.15, 0.2) is 29.2 Å². The van der Waals surface area contributed by atoms with Crippen molar-refractivity contribution in [1.82, 2.24) is 5.32 Å². The molecule has 2 rings (SSSR count). The molecule has 0 bridgehead atoms. The smallest absolute Gasteiger partial charge is 0.250 e. The number of hydrogen-bond donors (Lipinski definition) is 2. The Morgan fingerprint density at radius 2 is 2.10 bits per heavy atom. The molecule has 1 aromatic rings. The van der Waals surface area contributed by atoms with Gasteiger partial charge in [0.2, 0.25) is 11.8 Å². The van der Waals surface area contributed by atoms with Gasteiger partial charge in [-0.15, -0.1) is 0 Å². The van der Waals surface area contributed by atoms with E-state index in [0.717, 1.165) is 17.0 Å². The van der Waals surface area contributed by atoms with Crippen LogP contribution in [0.25, 0.3) is 0 Å². The molecular weight excluding hydrogens is 272 g/mol. The first-order valence-corrected chi connectivity index (χ1v) is 7.63. The average Bonchev–Trinajstić information content (AvgIpc) is 2.39. The third kappa shape index (κ3) is 2.98. The number of carbonyl (C=O) groups is 2. The predicted molar refractivity (Wildman–Crippen MR) is 81.8 cm³/mol. The lowest BCUT2D eigenvalue weighted by Crippen LogP contribution is -2.52.